The van der Waals surface area contributed by atoms with Crippen LogP contribution in [0.4, 0.5) is 13.2 Å². The van der Waals surface area contributed by atoms with Crippen molar-refractivity contribution in [2.24, 2.45) is 0 Å². The maximum Gasteiger partial charge on any atom is 0.416 e. The highest BCUT2D eigenvalue weighted by molar-refractivity contribution is 5.91. The maximum absolute atomic E-state index is 13.3. The van der Waals surface area contributed by atoms with Crippen molar-refractivity contribution in [1.82, 2.24) is 10.2 Å². The van der Waals surface area contributed by atoms with E-state index in [4.69, 9.17) is 4.74 Å². The lowest BCUT2D eigenvalue weighted by molar-refractivity contribution is -0.152. The van der Waals surface area contributed by atoms with Crippen LogP contribution in [0.25, 0.3) is 0 Å². The molecule has 0 radical (unpaired) electrons. The fourth-order valence-corrected chi connectivity index (χ4v) is 3.16. The topological polar surface area (TPSA) is 58.6 Å². The van der Waals surface area contributed by atoms with Gasteiger partial charge in [0, 0.05) is 19.7 Å². The van der Waals surface area contributed by atoms with Crippen molar-refractivity contribution in [3.8, 4) is 0 Å². The summed E-state index contributed by atoms with van der Waals surface area (Å²) in [5.41, 5.74) is -1.12. The molecule has 0 unspecified atom stereocenters. The minimum atomic E-state index is -4.60. The van der Waals surface area contributed by atoms with Crippen LogP contribution in [0, 0.1) is 0 Å². The second-order valence-corrected chi connectivity index (χ2v) is 5.81. The van der Waals surface area contributed by atoms with Crippen molar-refractivity contribution in [2.75, 3.05) is 19.7 Å². The second kappa shape index (κ2) is 6.43. The summed E-state index contributed by atoms with van der Waals surface area (Å²) in [6.07, 6.45) is -4.05. The van der Waals surface area contributed by atoms with E-state index in [2.05, 4.69) is 5.32 Å². The van der Waals surface area contributed by atoms with Crippen LogP contribution in [-0.4, -0.2) is 42.5 Å². The van der Waals surface area contributed by atoms with Crippen molar-refractivity contribution >= 4 is 11.8 Å². The Kier molecular flexibility index (Phi) is 4.49. The molecule has 2 fully saturated rings. The average molecular weight is 342 g/mol. The van der Waals surface area contributed by atoms with E-state index < -0.39 is 35.7 Å². The Morgan fingerprint density at radius 1 is 1.29 bits per heavy atom. The van der Waals surface area contributed by atoms with Crippen molar-refractivity contribution < 1.29 is 27.5 Å². The van der Waals surface area contributed by atoms with Crippen LogP contribution in [0.2, 0.25) is 0 Å². The molecule has 2 amide bonds. The van der Waals surface area contributed by atoms with Crippen molar-refractivity contribution in [2.45, 2.75) is 31.2 Å². The Hall–Kier alpha value is -2.09. The summed E-state index contributed by atoms with van der Waals surface area (Å²) in [4.78, 5) is 26.1. The van der Waals surface area contributed by atoms with Crippen LogP contribution in [0.1, 0.15) is 30.0 Å². The summed E-state index contributed by atoms with van der Waals surface area (Å²) in [6.45, 7) is 0.809. The Balaban J connectivity index is 1.99. The molecule has 24 heavy (non-hydrogen) atoms. The molecule has 0 saturated carbocycles. The van der Waals surface area contributed by atoms with Gasteiger partial charge in [-0.15, -0.1) is 0 Å². The van der Waals surface area contributed by atoms with Crippen LogP contribution in [0.5, 0.6) is 0 Å². The predicted molar refractivity (Wildman–Crippen MR) is 77.9 cm³/mol. The minimum absolute atomic E-state index is 0.154. The van der Waals surface area contributed by atoms with E-state index in [0.717, 1.165) is 12.5 Å². The van der Waals surface area contributed by atoms with Crippen LogP contribution in [-0.2, 0) is 20.5 Å². The molecule has 0 aliphatic carbocycles. The van der Waals surface area contributed by atoms with Gasteiger partial charge in [0.1, 0.15) is 12.1 Å². The molecule has 2 heterocycles. The number of benzene rings is 1. The average Bonchev–Trinajstić information content (AvgIpc) is 3.07. The van der Waals surface area contributed by atoms with Gasteiger partial charge in [0.25, 0.3) is 5.91 Å². The number of amides is 2. The number of piperazine rings is 1. The molecule has 130 valence electrons. The number of nitrogens with zero attached hydrogens (tertiary/aromatic N) is 1. The number of nitrogens with one attached hydrogen (secondary N) is 1. The highest BCUT2D eigenvalue weighted by Crippen LogP contribution is 2.37. The number of rotatable bonds is 2. The van der Waals surface area contributed by atoms with E-state index in [-0.39, 0.29) is 18.7 Å². The summed E-state index contributed by atoms with van der Waals surface area (Å²) in [6, 6.07) is 3.56. The molecule has 2 atom stereocenters. The van der Waals surface area contributed by atoms with Gasteiger partial charge in [-0.2, -0.15) is 13.2 Å². The third-order valence-electron chi connectivity index (χ3n) is 4.26. The summed E-state index contributed by atoms with van der Waals surface area (Å²) >= 11 is 0. The molecule has 8 heteroatoms. The molecule has 1 aromatic rings. The highest BCUT2D eigenvalue weighted by atomic mass is 19.4. The molecular weight excluding hydrogens is 325 g/mol. The lowest BCUT2D eigenvalue weighted by Crippen LogP contribution is -2.54. The monoisotopic (exact) mass is 342 g/mol. The smallest absolute Gasteiger partial charge is 0.368 e. The Labute approximate surface area is 136 Å². The van der Waals surface area contributed by atoms with Crippen LogP contribution >= 0.6 is 0 Å². The van der Waals surface area contributed by atoms with Crippen molar-refractivity contribution in [3.63, 3.8) is 0 Å². The van der Waals surface area contributed by atoms with Crippen LogP contribution < -0.4 is 5.32 Å². The summed E-state index contributed by atoms with van der Waals surface area (Å²) < 4.78 is 45.2. The first-order valence-electron chi connectivity index (χ1n) is 7.75. The van der Waals surface area contributed by atoms with Gasteiger partial charge in [-0.1, -0.05) is 18.2 Å². The molecule has 3 rings (SSSR count). The molecule has 1 N–H and O–H groups in total. The van der Waals surface area contributed by atoms with Gasteiger partial charge in [0.05, 0.1) is 5.56 Å². The maximum atomic E-state index is 13.3. The zero-order valence-electron chi connectivity index (χ0n) is 12.8. The first-order valence-corrected chi connectivity index (χ1v) is 7.75. The minimum Gasteiger partial charge on any atom is -0.368 e. The number of ether oxygens (including phenoxy) is 1. The number of carbonyl (C=O) groups is 2. The van der Waals surface area contributed by atoms with Gasteiger partial charge in [0.2, 0.25) is 5.91 Å². The normalized spacial score (nSPS) is 24.8. The fourth-order valence-electron chi connectivity index (χ4n) is 3.16. The lowest BCUT2D eigenvalue weighted by atomic mass is 9.96. The SMILES string of the molecule is O=C1NCCN(C(=O)[C@H]2CCCO2)[C@@H]1c1ccccc1C(F)(F)F. The molecule has 0 aromatic heterocycles. The van der Waals surface area contributed by atoms with E-state index in [1.54, 1.807) is 0 Å². The largest absolute Gasteiger partial charge is 0.416 e. The third kappa shape index (κ3) is 3.10. The Morgan fingerprint density at radius 3 is 2.71 bits per heavy atom. The zero-order chi connectivity index (χ0) is 17.3. The molecule has 0 bridgehead atoms. The molecule has 5 nitrogen and oxygen atoms in total. The zero-order valence-corrected chi connectivity index (χ0v) is 12.8. The number of hydrogen-bond donors (Lipinski definition) is 1. The predicted octanol–water partition coefficient (Wildman–Crippen LogP) is 1.88. The van der Waals surface area contributed by atoms with E-state index >= 15 is 0 Å². The van der Waals surface area contributed by atoms with Gasteiger partial charge in [-0.25, -0.2) is 0 Å². The third-order valence-corrected chi connectivity index (χ3v) is 4.26. The van der Waals surface area contributed by atoms with E-state index in [1.165, 1.54) is 23.1 Å². The number of halogens is 3. The number of alkyl halides is 3. The summed E-state index contributed by atoms with van der Waals surface area (Å²) in [5.74, 6) is -1.03. The van der Waals surface area contributed by atoms with Crippen molar-refractivity contribution in [1.29, 1.82) is 0 Å². The van der Waals surface area contributed by atoms with Gasteiger partial charge in [-0.05, 0) is 24.5 Å². The molecule has 2 saturated heterocycles. The summed E-state index contributed by atoms with van der Waals surface area (Å²) in [5, 5.41) is 2.54. The van der Waals surface area contributed by atoms with Crippen LogP contribution in [0.15, 0.2) is 24.3 Å². The number of hydrogen-bond acceptors (Lipinski definition) is 3. The van der Waals surface area contributed by atoms with E-state index in [9.17, 15) is 22.8 Å². The lowest BCUT2D eigenvalue weighted by Gasteiger charge is -2.37. The van der Waals surface area contributed by atoms with Crippen molar-refractivity contribution in [3.05, 3.63) is 35.4 Å². The fraction of sp³-hybridized carbons (Fsp3) is 0.500. The second-order valence-electron chi connectivity index (χ2n) is 5.81. The van der Waals surface area contributed by atoms with E-state index in [1.807, 2.05) is 0 Å². The van der Waals surface area contributed by atoms with Crippen LogP contribution in [0.3, 0.4) is 0 Å². The van der Waals surface area contributed by atoms with Gasteiger partial charge >= 0.3 is 6.18 Å². The molecule has 0 spiro atoms. The molecular formula is C16H17F3N2O3. The molecule has 2 aliphatic rings. The Bertz CT molecular complexity index is 642. The van der Waals surface area contributed by atoms with Gasteiger partial charge in [0.15, 0.2) is 0 Å². The molecule has 1 aromatic carbocycles. The standard InChI is InChI=1S/C16H17F3N2O3/c17-16(18,19)11-5-2-1-4-10(11)13-14(22)20-7-8-21(13)15(23)12-6-3-9-24-12/h1-2,4-5,12-13H,3,6-9H2,(H,20,22)/t12-,13-/m1/s1. The van der Waals surface area contributed by atoms with Gasteiger partial charge in [-0.3, -0.25) is 9.59 Å². The summed E-state index contributed by atoms with van der Waals surface area (Å²) in [7, 11) is 0. The first-order chi connectivity index (χ1) is 11.4. The number of carbonyl (C=O) groups excluding carboxylic acids is 2. The first kappa shape index (κ1) is 16.8. The molecule has 2 aliphatic heterocycles. The quantitative estimate of drug-likeness (QED) is 0.893. The van der Waals surface area contributed by atoms with Gasteiger partial charge < -0.3 is 15.0 Å². The Morgan fingerprint density at radius 2 is 2.04 bits per heavy atom. The van der Waals surface area contributed by atoms with E-state index in [0.29, 0.717) is 13.0 Å². The highest BCUT2D eigenvalue weighted by Gasteiger charge is 2.43.